The van der Waals surface area contributed by atoms with Crippen LogP contribution in [0.2, 0.25) is 0 Å². The van der Waals surface area contributed by atoms with Gasteiger partial charge in [-0.2, -0.15) is 0 Å². The lowest BCUT2D eigenvalue weighted by Crippen LogP contribution is -2.19. The Morgan fingerprint density at radius 2 is 1.83 bits per heavy atom. The van der Waals surface area contributed by atoms with Crippen molar-refractivity contribution >= 4 is 29.9 Å². The Morgan fingerprint density at radius 1 is 1.12 bits per heavy atom. The number of aromatic carboxylic acids is 2. The average molecular weight is 328 g/mol. The van der Waals surface area contributed by atoms with E-state index < -0.39 is 11.9 Å². The normalized spacial score (nSPS) is 10.5. The maximum atomic E-state index is 11.5. The van der Waals surface area contributed by atoms with Gasteiger partial charge < -0.3 is 10.2 Å². The van der Waals surface area contributed by atoms with E-state index in [1.807, 2.05) is 13.8 Å². The van der Waals surface area contributed by atoms with Crippen LogP contribution in [-0.2, 0) is 4.79 Å². The quantitative estimate of drug-likeness (QED) is 0.789. The SMILES string of the molecule is CC(C)c1ccc(N(C=O)c2ccc(C(=O)O)cc2C(=O)O)nc1. The van der Waals surface area contributed by atoms with Gasteiger partial charge in [-0.15, -0.1) is 0 Å². The van der Waals surface area contributed by atoms with Gasteiger partial charge in [0.1, 0.15) is 5.82 Å². The summed E-state index contributed by atoms with van der Waals surface area (Å²) in [6.07, 6.45) is 2.06. The van der Waals surface area contributed by atoms with E-state index in [2.05, 4.69) is 4.98 Å². The summed E-state index contributed by atoms with van der Waals surface area (Å²) >= 11 is 0. The number of carbonyl (C=O) groups excluding carboxylic acids is 1. The molecule has 0 spiro atoms. The Labute approximate surface area is 138 Å². The van der Waals surface area contributed by atoms with Gasteiger partial charge in [0.25, 0.3) is 0 Å². The van der Waals surface area contributed by atoms with Crippen LogP contribution in [0.4, 0.5) is 11.5 Å². The molecule has 7 nitrogen and oxygen atoms in total. The number of aromatic nitrogens is 1. The summed E-state index contributed by atoms with van der Waals surface area (Å²) in [5, 5.41) is 18.3. The molecule has 24 heavy (non-hydrogen) atoms. The molecule has 1 aromatic heterocycles. The molecular weight excluding hydrogens is 312 g/mol. The molecule has 0 radical (unpaired) electrons. The zero-order valence-electron chi connectivity index (χ0n) is 13.1. The second kappa shape index (κ2) is 6.91. The van der Waals surface area contributed by atoms with E-state index >= 15 is 0 Å². The van der Waals surface area contributed by atoms with Gasteiger partial charge in [-0.1, -0.05) is 19.9 Å². The van der Waals surface area contributed by atoms with Crippen LogP contribution < -0.4 is 4.90 Å². The van der Waals surface area contributed by atoms with Crippen molar-refractivity contribution in [2.24, 2.45) is 0 Å². The fraction of sp³-hybridized carbons (Fsp3) is 0.176. The number of anilines is 2. The van der Waals surface area contributed by atoms with Gasteiger partial charge in [0.05, 0.1) is 16.8 Å². The Bertz CT molecular complexity index is 784. The first-order valence-electron chi connectivity index (χ1n) is 7.16. The highest BCUT2D eigenvalue weighted by molar-refractivity contribution is 6.02. The van der Waals surface area contributed by atoms with Crippen LogP contribution >= 0.6 is 0 Å². The fourth-order valence-electron chi connectivity index (χ4n) is 2.17. The van der Waals surface area contributed by atoms with Gasteiger partial charge in [-0.3, -0.25) is 9.69 Å². The summed E-state index contributed by atoms with van der Waals surface area (Å²) < 4.78 is 0. The van der Waals surface area contributed by atoms with Crippen LogP contribution in [0, 0.1) is 0 Å². The predicted molar refractivity (Wildman–Crippen MR) is 86.9 cm³/mol. The Morgan fingerprint density at radius 3 is 2.29 bits per heavy atom. The number of pyridine rings is 1. The first-order valence-corrected chi connectivity index (χ1v) is 7.16. The summed E-state index contributed by atoms with van der Waals surface area (Å²) in [4.78, 5) is 39.2. The summed E-state index contributed by atoms with van der Waals surface area (Å²) in [6, 6.07) is 6.94. The van der Waals surface area contributed by atoms with Crippen LogP contribution in [0.5, 0.6) is 0 Å². The fourth-order valence-corrected chi connectivity index (χ4v) is 2.17. The van der Waals surface area contributed by atoms with E-state index in [1.165, 1.54) is 12.1 Å². The van der Waals surface area contributed by atoms with Crippen molar-refractivity contribution < 1.29 is 24.6 Å². The van der Waals surface area contributed by atoms with E-state index in [1.54, 1.807) is 18.3 Å². The van der Waals surface area contributed by atoms with E-state index in [0.29, 0.717) is 6.41 Å². The van der Waals surface area contributed by atoms with Crippen molar-refractivity contribution in [2.45, 2.75) is 19.8 Å². The highest BCUT2D eigenvalue weighted by Gasteiger charge is 2.20. The van der Waals surface area contributed by atoms with Gasteiger partial charge in [0.15, 0.2) is 0 Å². The second-order valence-electron chi connectivity index (χ2n) is 5.42. The highest BCUT2D eigenvalue weighted by Crippen LogP contribution is 2.28. The molecular formula is C17H16N2O5. The summed E-state index contributed by atoms with van der Waals surface area (Å²) in [6.45, 7) is 4.00. The maximum Gasteiger partial charge on any atom is 0.337 e. The zero-order valence-corrected chi connectivity index (χ0v) is 13.1. The molecule has 0 bridgehead atoms. The van der Waals surface area contributed by atoms with Gasteiger partial charge in [-0.25, -0.2) is 14.6 Å². The predicted octanol–water partition coefficient (Wildman–Crippen LogP) is 2.90. The lowest BCUT2D eigenvalue weighted by atomic mass is 10.1. The van der Waals surface area contributed by atoms with Crippen LogP contribution in [0.1, 0.15) is 46.0 Å². The van der Waals surface area contributed by atoms with E-state index in [0.717, 1.165) is 16.5 Å². The molecule has 2 aromatic rings. The topological polar surface area (TPSA) is 108 Å². The number of carboxylic acids is 2. The minimum Gasteiger partial charge on any atom is -0.478 e. The molecule has 0 fully saturated rings. The van der Waals surface area contributed by atoms with Crippen molar-refractivity contribution in [1.29, 1.82) is 0 Å². The standard InChI is InChI=1S/C17H16N2O5/c1-10(2)12-4-6-15(18-8-12)19(9-20)14-5-3-11(16(21)22)7-13(14)17(23)24/h3-10H,1-2H3,(H,21,22)(H,23,24). The van der Waals surface area contributed by atoms with Crippen LogP contribution in [-0.4, -0.2) is 33.5 Å². The Kier molecular flexibility index (Phi) is 4.93. The third kappa shape index (κ3) is 3.40. The molecule has 0 unspecified atom stereocenters. The number of carboxylic acid groups (broad SMARTS) is 2. The van der Waals surface area contributed by atoms with Crippen molar-refractivity contribution in [2.75, 3.05) is 4.90 Å². The van der Waals surface area contributed by atoms with Crippen molar-refractivity contribution in [3.05, 3.63) is 53.2 Å². The highest BCUT2D eigenvalue weighted by atomic mass is 16.4. The molecule has 0 aliphatic heterocycles. The average Bonchev–Trinajstić information content (AvgIpc) is 2.55. The number of hydrogen-bond acceptors (Lipinski definition) is 4. The molecule has 0 aliphatic carbocycles. The third-order valence-electron chi connectivity index (χ3n) is 3.52. The molecule has 0 saturated carbocycles. The lowest BCUT2D eigenvalue weighted by Gasteiger charge is -2.19. The zero-order chi connectivity index (χ0) is 17.9. The van der Waals surface area contributed by atoms with E-state index in [4.69, 9.17) is 5.11 Å². The molecule has 1 heterocycles. The smallest absolute Gasteiger partial charge is 0.337 e. The summed E-state index contributed by atoms with van der Waals surface area (Å²) in [5.74, 6) is -2.07. The van der Waals surface area contributed by atoms with Crippen molar-refractivity contribution in [3.63, 3.8) is 0 Å². The summed E-state index contributed by atoms with van der Waals surface area (Å²) in [5.41, 5.74) is 0.554. The van der Waals surface area contributed by atoms with Crippen LogP contribution in [0.25, 0.3) is 0 Å². The largest absolute Gasteiger partial charge is 0.478 e. The number of benzene rings is 1. The lowest BCUT2D eigenvalue weighted by molar-refractivity contribution is -0.106. The molecule has 1 amide bonds. The Hall–Kier alpha value is -3.22. The number of nitrogens with zero attached hydrogens (tertiary/aromatic N) is 2. The number of amides is 1. The first kappa shape index (κ1) is 17.1. The van der Waals surface area contributed by atoms with Gasteiger partial charge in [0, 0.05) is 6.20 Å². The maximum absolute atomic E-state index is 11.5. The molecule has 0 aliphatic rings. The van der Waals surface area contributed by atoms with Gasteiger partial charge in [-0.05, 0) is 35.7 Å². The second-order valence-corrected chi connectivity index (χ2v) is 5.42. The van der Waals surface area contributed by atoms with Crippen LogP contribution in [0.3, 0.4) is 0 Å². The number of hydrogen-bond donors (Lipinski definition) is 2. The molecule has 0 saturated heterocycles. The molecule has 1 aromatic carbocycles. The minimum atomic E-state index is -1.33. The van der Waals surface area contributed by atoms with E-state index in [9.17, 15) is 19.5 Å². The Balaban J connectivity index is 2.52. The monoisotopic (exact) mass is 328 g/mol. The molecule has 7 heteroatoms. The third-order valence-corrected chi connectivity index (χ3v) is 3.52. The van der Waals surface area contributed by atoms with E-state index in [-0.39, 0.29) is 28.6 Å². The first-order chi connectivity index (χ1) is 11.3. The number of carbonyl (C=O) groups is 3. The van der Waals surface area contributed by atoms with Crippen molar-refractivity contribution in [1.82, 2.24) is 4.98 Å². The van der Waals surface area contributed by atoms with Gasteiger partial charge >= 0.3 is 11.9 Å². The molecule has 124 valence electrons. The molecule has 0 atom stereocenters. The van der Waals surface area contributed by atoms with Crippen LogP contribution in [0.15, 0.2) is 36.5 Å². The van der Waals surface area contributed by atoms with Gasteiger partial charge in [0.2, 0.25) is 6.41 Å². The van der Waals surface area contributed by atoms with Crippen molar-refractivity contribution in [3.8, 4) is 0 Å². The minimum absolute atomic E-state index is 0.0484. The molecule has 2 N–H and O–H groups in total. The molecule has 2 rings (SSSR count). The summed E-state index contributed by atoms with van der Waals surface area (Å²) in [7, 11) is 0. The number of rotatable bonds is 6.